The van der Waals surface area contributed by atoms with Crippen molar-refractivity contribution >= 4 is 11.6 Å². The zero-order valence-corrected chi connectivity index (χ0v) is 12.7. The first-order valence-corrected chi connectivity index (χ1v) is 7.33. The first kappa shape index (κ1) is 14.3. The molecular formula is C18H18N2O2. The molecule has 0 saturated carbocycles. The highest BCUT2D eigenvalue weighted by atomic mass is 16.4. The summed E-state index contributed by atoms with van der Waals surface area (Å²) in [5.41, 5.74) is 4.07. The number of carboxylic acid groups (broad SMARTS) is 1. The first-order valence-electron chi connectivity index (χ1n) is 7.33. The van der Waals surface area contributed by atoms with Crippen molar-refractivity contribution in [1.29, 1.82) is 0 Å². The summed E-state index contributed by atoms with van der Waals surface area (Å²) in [6, 6.07) is 11.8. The highest BCUT2D eigenvalue weighted by Crippen LogP contribution is 2.18. The zero-order valence-electron chi connectivity index (χ0n) is 12.7. The van der Waals surface area contributed by atoms with Gasteiger partial charge in [0.25, 0.3) is 0 Å². The number of carboxylic acids is 1. The molecule has 0 atom stereocenters. The van der Waals surface area contributed by atoms with Gasteiger partial charge < -0.3 is 9.51 Å². The normalized spacial score (nSPS) is 11.2. The second kappa shape index (κ2) is 5.64. The molecule has 0 fully saturated rings. The fourth-order valence-corrected chi connectivity index (χ4v) is 2.55. The van der Waals surface area contributed by atoms with E-state index < -0.39 is 5.97 Å². The van der Waals surface area contributed by atoms with Gasteiger partial charge in [0.2, 0.25) is 0 Å². The minimum atomic E-state index is -0.955. The summed E-state index contributed by atoms with van der Waals surface area (Å²) in [6.07, 6.45) is 4.40. The minimum Gasteiger partial charge on any atom is -0.478 e. The van der Waals surface area contributed by atoms with Crippen molar-refractivity contribution in [2.24, 2.45) is 0 Å². The van der Waals surface area contributed by atoms with Crippen LogP contribution in [0.25, 0.3) is 5.65 Å². The van der Waals surface area contributed by atoms with Crippen molar-refractivity contribution < 1.29 is 9.90 Å². The van der Waals surface area contributed by atoms with Gasteiger partial charge in [-0.15, -0.1) is 0 Å². The van der Waals surface area contributed by atoms with Crippen molar-refractivity contribution in [1.82, 2.24) is 9.38 Å². The van der Waals surface area contributed by atoms with Crippen LogP contribution in [0.3, 0.4) is 0 Å². The SMILES string of the molecule is CC(C)c1ccc(Cc2cn3cccc(C(=O)O)c3n2)cc1. The third-order valence-electron chi connectivity index (χ3n) is 3.79. The van der Waals surface area contributed by atoms with Gasteiger partial charge in [-0.2, -0.15) is 0 Å². The zero-order chi connectivity index (χ0) is 15.7. The van der Waals surface area contributed by atoms with Gasteiger partial charge in [0, 0.05) is 18.8 Å². The number of carbonyl (C=O) groups is 1. The lowest BCUT2D eigenvalue weighted by Gasteiger charge is -2.05. The molecule has 22 heavy (non-hydrogen) atoms. The first-order chi connectivity index (χ1) is 10.5. The van der Waals surface area contributed by atoms with Crippen molar-refractivity contribution in [3.8, 4) is 0 Å². The standard InChI is InChI=1S/C18H18N2O2/c1-12(2)14-7-5-13(6-8-14)10-15-11-20-9-3-4-16(18(21)22)17(20)19-15/h3-9,11-12H,10H2,1-2H3,(H,21,22). The van der Waals surface area contributed by atoms with Crippen LogP contribution in [0, 0.1) is 0 Å². The molecule has 1 aromatic carbocycles. The van der Waals surface area contributed by atoms with Crippen LogP contribution in [0.5, 0.6) is 0 Å². The van der Waals surface area contributed by atoms with Gasteiger partial charge in [-0.25, -0.2) is 9.78 Å². The van der Waals surface area contributed by atoms with Crippen molar-refractivity contribution in [2.75, 3.05) is 0 Å². The Morgan fingerprint density at radius 2 is 1.95 bits per heavy atom. The fourth-order valence-electron chi connectivity index (χ4n) is 2.55. The lowest BCUT2D eigenvalue weighted by molar-refractivity contribution is 0.0698. The molecule has 0 bridgehead atoms. The van der Waals surface area contributed by atoms with Crippen LogP contribution in [0.15, 0.2) is 48.8 Å². The van der Waals surface area contributed by atoms with Crippen LogP contribution >= 0.6 is 0 Å². The molecule has 0 saturated heterocycles. The Kier molecular flexibility index (Phi) is 3.67. The predicted molar refractivity (Wildman–Crippen MR) is 85.5 cm³/mol. The molecule has 4 heteroatoms. The topological polar surface area (TPSA) is 54.6 Å². The van der Waals surface area contributed by atoms with E-state index in [4.69, 9.17) is 0 Å². The highest BCUT2D eigenvalue weighted by molar-refractivity contribution is 5.94. The van der Waals surface area contributed by atoms with Crippen LogP contribution < -0.4 is 0 Å². The Morgan fingerprint density at radius 1 is 1.23 bits per heavy atom. The molecule has 0 amide bonds. The second-order valence-electron chi connectivity index (χ2n) is 5.76. The molecule has 1 N–H and O–H groups in total. The van der Waals surface area contributed by atoms with Crippen LogP contribution in [0.4, 0.5) is 0 Å². The van der Waals surface area contributed by atoms with E-state index in [1.807, 2.05) is 12.4 Å². The van der Waals surface area contributed by atoms with E-state index in [-0.39, 0.29) is 5.56 Å². The Bertz CT molecular complexity index is 817. The molecule has 4 nitrogen and oxygen atoms in total. The van der Waals surface area contributed by atoms with Crippen LogP contribution in [-0.2, 0) is 6.42 Å². The largest absolute Gasteiger partial charge is 0.478 e. The Labute approximate surface area is 129 Å². The lowest BCUT2D eigenvalue weighted by Crippen LogP contribution is -1.99. The van der Waals surface area contributed by atoms with E-state index in [1.165, 1.54) is 11.1 Å². The van der Waals surface area contributed by atoms with Gasteiger partial charge in [-0.1, -0.05) is 38.1 Å². The summed E-state index contributed by atoms with van der Waals surface area (Å²) >= 11 is 0. The number of hydrogen-bond acceptors (Lipinski definition) is 2. The summed E-state index contributed by atoms with van der Waals surface area (Å²) in [6.45, 7) is 4.34. The minimum absolute atomic E-state index is 0.226. The fraction of sp³-hybridized carbons (Fsp3) is 0.222. The van der Waals surface area contributed by atoms with Crippen molar-refractivity contribution in [2.45, 2.75) is 26.2 Å². The molecule has 0 aliphatic carbocycles. The lowest BCUT2D eigenvalue weighted by atomic mass is 10.0. The quantitative estimate of drug-likeness (QED) is 0.797. The van der Waals surface area contributed by atoms with Crippen LogP contribution in [0.1, 0.15) is 46.9 Å². The number of hydrogen-bond donors (Lipinski definition) is 1. The van der Waals surface area contributed by atoms with E-state index in [1.54, 1.807) is 16.5 Å². The summed E-state index contributed by atoms with van der Waals surface area (Å²) in [5, 5.41) is 9.21. The molecule has 0 aliphatic heterocycles. The smallest absolute Gasteiger partial charge is 0.339 e. The Hall–Kier alpha value is -2.62. The molecule has 0 unspecified atom stereocenters. The van der Waals surface area contributed by atoms with E-state index in [2.05, 4.69) is 43.1 Å². The molecule has 0 radical (unpaired) electrons. The number of benzene rings is 1. The average molecular weight is 294 g/mol. The predicted octanol–water partition coefficient (Wildman–Crippen LogP) is 3.75. The van der Waals surface area contributed by atoms with E-state index >= 15 is 0 Å². The van der Waals surface area contributed by atoms with Gasteiger partial charge in [0.15, 0.2) is 5.65 Å². The summed E-state index contributed by atoms with van der Waals surface area (Å²) in [5.74, 6) is -0.439. The number of pyridine rings is 1. The Balaban J connectivity index is 1.91. The average Bonchev–Trinajstić information content (AvgIpc) is 2.89. The van der Waals surface area contributed by atoms with Crippen molar-refractivity contribution in [3.05, 3.63) is 71.2 Å². The molecule has 2 aromatic heterocycles. The third kappa shape index (κ3) is 2.72. The van der Waals surface area contributed by atoms with E-state index in [9.17, 15) is 9.90 Å². The summed E-state index contributed by atoms with van der Waals surface area (Å²) in [4.78, 5) is 15.7. The van der Waals surface area contributed by atoms with Crippen LogP contribution in [-0.4, -0.2) is 20.5 Å². The number of imidazole rings is 1. The molecule has 112 valence electrons. The molecular weight excluding hydrogens is 276 g/mol. The number of aromatic nitrogens is 2. The molecule has 0 aliphatic rings. The molecule has 2 heterocycles. The number of aromatic carboxylic acids is 1. The maximum atomic E-state index is 11.2. The number of rotatable bonds is 4. The van der Waals surface area contributed by atoms with Gasteiger partial charge >= 0.3 is 5.97 Å². The van der Waals surface area contributed by atoms with Crippen molar-refractivity contribution in [3.63, 3.8) is 0 Å². The molecule has 3 rings (SSSR count). The second-order valence-corrected chi connectivity index (χ2v) is 5.76. The third-order valence-corrected chi connectivity index (χ3v) is 3.79. The molecule has 3 aromatic rings. The van der Waals surface area contributed by atoms with Gasteiger partial charge in [0.1, 0.15) is 5.56 Å². The van der Waals surface area contributed by atoms with Gasteiger partial charge in [-0.3, -0.25) is 0 Å². The Morgan fingerprint density at radius 3 is 2.59 bits per heavy atom. The maximum Gasteiger partial charge on any atom is 0.339 e. The summed E-state index contributed by atoms with van der Waals surface area (Å²) < 4.78 is 1.77. The number of fused-ring (bicyclic) bond motifs is 1. The maximum absolute atomic E-state index is 11.2. The van der Waals surface area contributed by atoms with Crippen LogP contribution in [0.2, 0.25) is 0 Å². The monoisotopic (exact) mass is 294 g/mol. The number of nitrogens with zero attached hydrogens (tertiary/aromatic N) is 2. The summed E-state index contributed by atoms with van der Waals surface area (Å²) in [7, 11) is 0. The van der Waals surface area contributed by atoms with E-state index in [0.29, 0.717) is 18.0 Å². The van der Waals surface area contributed by atoms with Gasteiger partial charge in [-0.05, 0) is 29.2 Å². The highest BCUT2D eigenvalue weighted by Gasteiger charge is 2.12. The molecule has 0 spiro atoms. The van der Waals surface area contributed by atoms with Gasteiger partial charge in [0.05, 0.1) is 5.69 Å². The van der Waals surface area contributed by atoms with E-state index in [0.717, 1.165) is 5.69 Å².